The highest BCUT2D eigenvalue weighted by Crippen LogP contribution is 2.38. The summed E-state index contributed by atoms with van der Waals surface area (Å²) in [5.41, 5.74) is 7.49. The number of thiophene rings is 1. The van der Waals surface area contributed by atoms with E-state index in [9.17, 15) is 0 Å². The first-order valence-electron chi connectivity index (χ1n) is 6.28. The highest BCUT2D eigenvalue weighted by atomic mass is 32.1. The van der Waals surface area contributed by atoms with Crippen LogP contribution in [0.5, 0.6) is 0 Å². The van der Waals surface area contributed by atoms with Crippen LogP contribution in [0.15, 0.2) is 0 Å². The Morgan fingerprint density at radius 1 is 1.39 bits per heavy atom. The van der Waals surface area contributed by atoms with E-state index in [2.05, 4.69) is 9.97 Å². The molecule has 1 atom stereocenters. The molecular formula is C13H17N3OS. The number of nitrogen functional groups attached to an aromatic ring is 1. The number of nitrogens with zero attached hydrogens (tertiary/aromatic N) is 2. The molecule has 0 bridgehead atoms. The minimum atomic E-state index is 0.119. The number of methoxy groups -OCH3 is 1. The van der Waals surface area contributed by atoms with Gasteiger partial charge in [0.1, 0.15) is 16.5 Å². The van der Waals surface area contributed by atoms with Gasteiger partial charge in [0.2, 0.25) is 0 Å². The average Bonchev–Trinajstić information content (AvgIpc) is 2.87. The van der Waals surface area contributed by atoms with Gasteiger partial charge in [0.15, 0.2) is 0 Å². The molecular weight excluding hydrogens is 246 g/mol. The number of fused-ring (bicyclic) bond motifs is 3. The van der Waals surface area contributed by atoms with Crippen molar-refractivity contribution >= 4 is 27.4 Å². The maximum atomic E-state index is 6.11. The Balaban J connectivity index is 2.06. The molecule has 2 aromatic rings. The van der Waals surface area contributed by atoms with Gasteiger partial charge in [0, 0.05) is 18.4 Å². The fourth-order valence-electron chi connectivity index (χ4n) is 2.50. The Bertz CT molecular complexity index is 593. The summed E-state index contributed by atoms with van der Waals surface area (Å²) in [6, 6.07) is 0. The summed E-state index contributed by atoms with van der Waals surface area (Å²) in [7, 11) is 1.70. The molecule has 0 spiro atoms. The number of nitrogens with two attached hydrogens (primary N) is 1. The monoisotopic (exact) mass is 263 g/mol. The van der Waals surface area contributed by atoms with E-state index >= 15 is 0 Å². The number of ether oxygens (including phenoxy) is 1. The zero-order valence-electron chi connectivity index (χ0n) is 10.7. The molecule has 0 aliphatic heterocycles. The lowest BCUT2D eigenvalue weighted by Crippen LogP contribution is -2.12. The highest BCUT2D eigenvalue weighted by molar-refractivity contribution is 7.19. The summed E-state index contributed by atoms with van der Waals surface area (Å²) < 4.78 is 5.25. The van der Waals surface area contributed by atoms with Gasteiger partial charge in [-0.3, -0.25) is 0 Å². The Hall–Kier alpha value is -1.20. The number of aryl methyl sites for hydroxylation is 2. The van der Waals surface area contributed by atoms with Gasteiger partial charge in [0.05, 0.1) is 11.5 Å². The van der Waals surface area contributed by atoms with Crippen LogP contribution in [0.2, 0.25) is 0 Å². The molecule has 5 heteroatoms. The number of hydrogen-bond acceptors (Lipinski definition) is 5. The normalized spacial score (nSPS) is 16.1. The quantitative estimate of drug-likeness (QED) is 0.923. The van der Waals surface area contributed by atoms with E-state index in [1.807, 2.05) is 6.92 Å². The van der Waals surface area contributed by atoms with Crippen LogP contribution in [-0.4, -0.2) is 23.2 Å². The van der Waals surface area contributed by atoms with Crippen molar-refractivity contribution in [2.45, 2.75) is 38.7 Å². The third-order valence-electron chi connectivity index (χ3n) is 3.51. The van der Waals surface area contributed by atoms with E-state index in [1.165, 1.54) is 23.3 Å². The molecule has 0 radical (unpaired) electrons. The van der Waals surface area contributed by atoms with Gasteiger partial charge in [-0.05, 0) is 31.7 Å². The maximum Gasteiger partial charge on any atom is 0.136 e. The van der Waals surface area contributed by atoms with Gasteiger partial charge >= 0.3 is 0 Å². The molecule has 1 aliphatic rings. The second kappa shape index (κ2) is 4.48. The maximum absolute atomic E-state index is 6.11. The molecule has 1 aliphatic carbocycles. The van der Waals surface area contributed by atoms with E-state index in [-0.39, 0.29) is 6.10 Å². The summed E-state index contributed by atoms with van der Waals surface area (Å²) in [5, 5.41) is 1.10. The van der Waals surface area contributed by atoms with Crippen LogP contribution >= 0.6 is 11.3 Å². The summed E-state index contributed by atoms with van der Waals surface area (Å²) in [5.74, 6) is 1.42. The van der Waals surface area contributed by atoms with Crippen LogP contribution in [-0.2, 0) is 24.0 Å². The van der Waals surface area contributed by atoms with Crippen molar-refractivity contribution in [3.63, 3.8) is 0 Å². The highest BCUT2D eigenvalue weighted by Gasteiger charge is 2.21. The number of aromatic nitrogens is 2. The van der Waals surface area contributed by atoms with Crippen LogP contribution in [0.4, 0.5) is 5.82 Å². The van der Waals surface area contributed by atoms with Gasteiger partial charge in [-0.1, -0.05) is 0 Å². The minimum absolute atomic E-state index is 0.119. The molecule has 0 fully saturated rings. The van der Waals surface area contributed by atoms with E-state index in [4.69, 9.17) is 10.5 Å². The molecule has 1 unspecified atom stereocenters. The molecule has 96 valence electrons. The van der Waals surface area contributed by atoms with Crippen LogP contribution in [0, 0.1) is 0 Å². The van der Waals surface area contributed by atoms with Crippen LogP contribution in [0.25, 0.3) is 10.2 Å². The summed E-state index contributed by atoms with van der Waals surface area (Å²) >= 11 is 1.78. The van der Waals surface area contributed by atoms with Gasteiger partial charge in [-0.2, -0.15) is 0 Å². The topological polar surface area (TPSA) is 61.0 Å². The van der Waals surface area contributed by atoms with Gasteiger partial charge < -0.3 is 10.5 Å². The Morgan fingerprint density at radius 3 is 3.00 bits per heavy atom. The Labute approximate surface area is 110 Å². The first kappa shape index (κ1) is 11.9. The van der Waals surface area contributed by atoms with Gasteiger partial charge in [-0.15, -0.1) is 11.3 Å². The van der Waals surface area contributed by atoms with Crippen molar-refractivity contribution in [1.82, 2.24) is 9.97 Å². The van der Waals surface area contributed by atoms with Crippen molar-refractivity contribution in [3.05, 3.63) is 16.3 Å². The molecule has 2 heterocycles. The van der Waals surface area contributed by atoms with Crippen LogP contribution < -0.4 is 5.73 Å². The second-order valence-corrected chi connectivity index (χ2v) is 5.90. The largest absolute Gasteiger partial charge is 0.383 e. The lowest BCUT2D eigenvalue weighted by molar-refractivity contribution is 0.117. The molecule has 3 rings (SSSR count). The lowest BCUT2D eigenvalue weighted by Gasteiger charge is -2.08. The zero-order chi connectivity index (χ0) is 12.7. The Kier molecular flexibility index (Phi) is 2.95. The van der Waals surface area contributed by atoms with E-state index < -0.39 is 0 Å². The fraction of sp³-hybridized carbons (Fsp3) is 0.538. The Morgan fingerprint density at radius 2 is 2.22 bits per heavy atom. The van der Waals surface area contributed by atoms with Gasteiger partial charge in [0.25, 0.3) is 0 Å². The minimum Gasteiger partial charge on any atom is -0.383 e. The van der Waals surface area contributed by atoms with Crippen molar-refractivity contribution in [1.29, 1.82) is 0 Å². The molecule has 0 aromatic carbocycles. The summed E-state index contributed by atoms with van der Waals surface area (Å²) in [6.07, 6.45) is 4.35. The second-order valence-electron chi connectivity index (χ2n) is 4.81. The van der Waals surface area contributed by atoms with Crippen molar-refractivity contribution in [3.8, 4) is 0 Å². The third kappa shape index (κ3) is 1.87. The lowest BCUT2D eigenvalue weighted by atomic mass is 10.2. The van der Waals surface area contributed by atoms with Crippen molar-refractivity contribution in [2.24, 2.45) is 0 Å². The van der Waals surface area contributed by atoms with Crippen molar-refractivity contribution in [2.75, 3.05) is 12.8 Å². The van der Waals surface area contributed by atoms with E-state index in [0.29, 0.717) is 12.2 Å². The standard InChI is InChI=1S/C13H17N3OS/c1-7(17-2)6-10-15-12(14)11-8-4-3-5-9(8)18-13(11)16-10/h7H,3-6H2,1-2H3,(H2,14,15,16). The number of anilines is 1. The summed E-state index contributed by atoms with van der Waals surface area (Å²) in [6.45, 7) is 2.01. The first-order valence-corrected chi connectivity index (χ1v) is 7.10. The third-order valence-corrected chi connectivity index (χ3v) is 4.70. The average molecular weight is 263 g/mol. The van der Waals surface area contributed by atoms with E-state index in [0.717, 1.165) is 22.5 Å². The smallest absolute Gasteiger partial charge is 0.136 e. The molecule has 0 amide bonds. The molecule has 0 saturated carbocycles. The van der Waals surface area contributed by atoms with Crippen LogP contribution in [0.3, 0.4) is 0 Å². The number of rotatable bonds is 3. The van der Waals surface area contributed by atoms with Crippen molar-refractivity contribution < 1.29 is 4.74 Å². The molecule has 0 saturated heterocycles. The first-order chi connectivity index (χ1) is 8.69. The van der Waals surface area contributed by atoms with Crippen LogP contribution in [0.1, 0.15) is 29.6 Å². The predicted molar refractivity (Wildman–Crippen MR) is 74.0 cm³/mol. The van der Waals surface area contributed by atoms with Gasteiger partial charge in [-0.25, -0.2) is 9.97 Å². The predicted octanol–water partition coefficient (Wildman–Crippen LogP) is 2.34. The zero-order valence-corrected chi connectivity index (χ0v) is 11.5. The fourth-order valence-corrected chi connectivity index (χ4v) is 3.79. The SMILES string of the molecule is COC(C)Cc1nc(N)c2c3c(sc2n1)CCC3. The van der Waals surface area contributed by atoms with E-state index in [1.54, 1.807) is 18.4 Å². The number of hydrogen-bond donors (Lipinski definition) is 1. The molecule has 18 heavy (non-hydrogen) atoms. The summed E-state index contributed by atoms with van der Waals surface area (Å²) in [4.78, 5) is 11.6. The molecule has 2 N–H and O–H groups in total. The molecule has 2 aromatic heterocycles. The molecule has 4 nitrogen and oxygen atoms in total.